The smallest absolute Gasteiger partial charge is 0.339 e. The van der Waals surface area contributed by atoms with Gasteiger partial charge in [0.25, 0.3) is 5.91 Å². The van der Waals surface area contributed by atoms with Crippen molar-refractivity contribution in [2.24, 2.45) is 0 Å². The summed E-state index contributed by atoms with van der Waals surface area (Å²) in [5, 5.41) is 2.79. The Kier molecular flexibility index (Phi) is 6.70. The number of methoxy groups -OCH3 is 1. The van der Waals surface area contributed by atoms with Crippen LogP contribution in [0.2, 0.25) is 0 Å². The molecule has 0 saturated carbocycles. The second kappa shape index (κ2) is 9.60. The molecule has 0 spiro atoms. The quantitative estimate of drug-likeness (QED) is 0.595. The maximum Gasteiger partial charge on any atom is 0.339 e. The van der Waals surface area contributed by atoms with Crippen LogP contribution in [-0.4, -0.2) is 33.1 Å². The summed E-state index contributed by atoms with van der Waals surface area (Å²) in [6.07, 6.45) is -1.10. The lowest BCUT2D eigenvalue weighted by atomic mass is 10.1. The molecule has 0 aromatic heterocycles. The Morgan fingerprint density at radius 2 is 1.60 bits per heavy atom. The van der Waals surface area contributed by atoms with Crippen molar-refractivity contribution in [3.05, 3.63) is 90.0 Å². The zero-order chi connectivity index (χ0) is 21.5. The van der Waals surface area contributed by atoms with Crippen molar-refractivity contribution >= 4 is 23.3 Å². The lowest BCUT2D eigenvalue weighted by molar-refractivity contribution is -0.125. The zero-order valence-electron chi connectivity index (χ0n) is 17.2. The number of hydrogen-bond donors (Lipinski definition) is 1. The molecule has 0 saturated heterocycles. The van der Waals surface area contributed by atoms with Gasteiger partial charge in [0.15, 0.2) is 0 Å². The van der Waals surface area contributed by atoms with Crippen molar-refractivity contribution in [2.75, 3.05) is 31.4 Å². The monoisotopic (exact) mass is 404 g/mol. The van der Waals surface area contributed by atoms with E-state index in [2.05, 4.69) is 5.32 Å². The molecule has 0 aliphatic heterocycles. The van der Waals surface area contributed by atoms with Gasteiger partial charge in [0, 0.05) is 37.1 Å². The van der Waals surface area contributed by atoms with E-state index < -0.39 is 18.0 Å². The van der Waals surface area contributed by atoms with E-state index in [4.69, 9.17) is 9.47 Å². The van der Waals surface area contributed by atoms with E-state index >= 15 is 0 Å². The number of nitrogens with one attached hydrogen (secondary N) is 1. The topological polar surface area (TPSA) is 67.9 Å². The fraction of sp³-hybridized carbons (Fsp3) is 0.167. The number of carbonyl (C=O) groups is 2. The summed E-state index contributed by atoms with van der Waals surface area (Å²) in [6, 6.07) is 22.9. The lowest BCUT2D eigenvalue weighted by Crippen LogP contribution is -2.26. The third-order valence-corrected chi connectivity index (χ3v) is 4.52. The highest BCUT2D eigenvalue weighted by molar-refractivity contribution is 5.98. The van der Waals surface area contributed by atoms with E-state index in [1.165, 1.54) is 0 Å². The average molecular weight is 404 g/mol. The number of carbonyl (C=O) groups excluding carboxylic acids is 2. The normalized spacial score (nSPS) is 11.3. The van der Waals surface area contributed by atoms with Crippen molar-refractivity contribution in [1.29, 1.82) is 0 Å². The highest BCUT2D eigenvalue weighted by Gasteiger charge is 2.26. The molecule has 1 N–H and O–H groups in total. The minimum absolute atomic E-state index is 0.371. The van der Waals surface area contributed by atoms with Crippen molar-refractivity contribution in [1.82, 2.24) is 0 Å². The third kappa shape index (κ3) is 5.17. The van der Waals surface area contributed by atoms with Crippen LogP contribution in [0.15, 0.2) is 78.9 Å². The van der Waals surface area contributed by atoms with Gasteiger partial charge < -0.3 is 19.7 Å². The summed E-state index contributed by atoms with van der Waals surface area (Å²) in [7, 11) is 5.39. The van der Waals surface area contributed by atoms with Crippen LogP contribution in [0.1, 0.15) is 22.0 Å². The number of benzene rings is 3. The Labute approximate surface area is 176 Å². The molecule has 0 aliphatic carbocycles. The summed E-state index contributed by atoms with van der Waals surface area (Å²) in [5.74, 6) is -0.412. The highest BCUT2D eigenvalue weighted by atomic mass is 16.5. The Morgan fingerprint density at radius 3 is 2.23 bits per heavy atom. The van der Waals surface area contributed by atoms with Crippen molar-refractivity contribution < 1.29 is 19.1 Å². The number of ether oxygens (including phenoxy) is 2. The molecule has 154 valence electrons. The fourth-order valence-corrected chi connectivity index (χ4v) is 2.88. The molecule has 3 aromatic carbocycles. The van der Waals surface area contributed by atoms with Crippen LogP contribution < -0.4 is 15.0 Å². The minimum Gasteiger partial charge on any atom is -0.497 e. The van der Waals surface area contributed by atoms with E-state index in [0.29, 0.717) is 22.6 Å². The van der Waals surface area contributed by atoms with Crippen LogP contribution in [0.5, 0.6) is 5.75 Å². The van der Waals surface area contributed by atoms with E-state index in [1.54, 1.807) is 67.8 Å². The maximum atomic E-state index is 13.0. The van der Waals surface area contributed by atoms with Gasteiger partial charge in [-0.05, 0) is 36.4 Å². The van der Waals surface area contributed by atoms with Crippen LogP contribution in [-0.2, 0) is 9.53 Å². The van der Waals surface area contributed by atoms with Gasteiger partial charge in [-0.1, -0.05) is 36.4 Å². The predicted octanol–water partition coefficient (Wildman–Crippen LogP) is 4.30. The molecule has 0 fully saturated rings. The SMILES string of the molecule is COc1cccc(NC(=O)[C@H](OC(=O)c2ccc(N(C)C)cc2)c2ccccc2)c1. The molecule has 0 radical (unpaired) electrons. The zero-order valence-corrected chi connectivity index (χ0v) is 17.2. The van der Waals surface area contributed by atoms with Crippen LogP contribution in [0.25, 0.3) is 0 Å². The molecule has 6 nitrogen and oxygen atoms in total. The molecule has 0 bridgehead atoms. The standard InChI is InChI=1S/C24H24N2O4/c1-26(2)20-14-12-18(13-15-20)24(28)30-22(17-8-5-4-6-9-17)23(27)25-19-10-7-11-21(16-19)29-3/h4-16,22H,1-3H3,(H,25,27)/t22-/m1/s1. The Morgan fingerprint density at radius 1 is 0.900 bits per heavy atom. The molecule has 0 heterocycles. The first kappa shape index (κ1) is 20.9. The van der Waals surface area contributed by atoms with Gasteiger partial charge >= 0.3 is 5.97 Å². The van der Waals surface area contributed by atoms with E-state index in [0.717, 1.165) is 5.69 Å². The van der Waals surface area contributed by atoms with Crippen molar-refractivity contribution in [3.8, 4) is 5.75 Å². The maximum absolute atomic E-state index is 13.0. The molecule has 0 aliphatic rings. The van der Waals surface area contributed by atoms with Gasteiger partial charge in [-0.2, -0.15) is 0 Å². The van der Waals surface area contributed by atoms with Crippen molar-refractivity contribution in [3.63, 3.8) is 0 Å². The molecule has 1 amide bonds. The number of amides is 1. The van der Waals surface area contributed by atoms with Crippen molar-refractivity contribution in [2.45, 2.75) is 6.10 Å². The predicted molar refractivity (Wildman–Crippen MR) is 117 cm³/mol. The molecular weight excluding hydrogens is 380 g/mol. The summed E-state index contributed by atoms with van der Waals surface area (Å²) in [5.41, 5.74) is 2.46. The third-order valence-electron chi connectivity index (χ3n) is 4.52. The van der Waals surface area contributed by atoms with Gasteiger partial charge in [0.05, 0.1) is 12.7 Å². The van der Waals surface area contributed by atoms with Gasteiger partial charge in [-0.15, -0.1) is 0 Å². The molecular formula is C24H24N2O4. The average Bonchev–Trinajstić information content (AvgIpc) is 2.78. The molecule has 30 heavy (non-hydrogen) atoms. The molecule has 0 unspecified atom stereocenters. The van der Waals surface area contributed by atoms with Gasteiger partial charge in [-0.3, -0.25) is 4.79 Å². The van der Waals surface area contributed by atoms with Crippen LogP contribution in [0.3, 0.4) is 0 Å². The first-order valence-electron chi connectivity index (χ1n) is 9.46. The Hall–Kier alpha value is -3.80. The summed E-state index contributed by atoms with van der Waals surface area (Å²) in [6.45, 7) is 0. The lowest BCUT2D eigenvalue weighted by Gasteiger charge is -2.19. The number of rotatable bonds is 7. The highest BCUT2D eigenvalue weighted by Crippen LogP contribution is 2.24. The fourth-order valence-electron chi connectivity index (χ4n) is 2.88. The first-order valence-corrected chi connectivity index (χ1v) is 9.46. The van der Waals surface area contributed by atoms with E-state index in [9.17, 15) is 9.59 Å². The molecule has 3 rings (SSSR count). The van der Waals surface area contributed by atoms with Gasteiger partial charge in [0.2, 0.25) is 6.10 Å². The summed E-state index contributed by atoms with van der Waals surface area (Å²) >= 11 is 0. The number of hydrogen-bond acceptors (Lipinski definition) is 5. The molecule has 1 atom stereocenters. The number of anilines is 2. The summed E-state index contributed by atoms with van der Waals surface area (Å²) < 4.78 is 10.8. The van der Waals surface area contributed by atoms with Crippen LogP contribution in [0.4, 0.5) is 11.4 Å². The van der Waals surface area contributed by atoms with Gasteiger partial charge in [-0.25, -0.2) is 4.79 Å². The Bertz CT molecular complexity index is 1000. The van der Waals surface area contributed by atoms with E-state index in [1.807, 2.05) is 37.2 Å². The number of nitrogens with zero attached hydrogens (tertiary/aromatic N) is 1. The van der Waals surface area contributed by atoms with Crippen LogP contribution >= 0.6 is 0 Å². The first-order chi connectivity index (χ1) is 14.5. The van der Waals surface area contributed by atoms with E-state index in [-0.39, 0.29) is 0 Å². The largest absolute Gasteiger partial charge is 0.497 e. The minimum atomic E-state index is -1.10. The number of esters is 1. The van der Waals surface area contributed by atoms with Gasteiger partial charge in [0.1, 0.15) is 5.75 Å². The second-order valence-corrected chi connectivity index (χ2v) is 6.86. The Balaban J connectivity index is 1.81. The molecule has 3 aromatic rings. The summed E-state index contributed by atoms with van der Waals surface area (Å²) in [4.78, 5) is 27.7. The molecule has 6 heteroatoms. The second-order valence-electron chi connectivity index (χ2n) is 6.86. The van der Waals surface area contributed by atoms with Crippen LogP contribution in [0, 0.1) is 0 Å².